The average Bonchev–Trinajstić information content (AvgIpc) is 2.85. The van der Waals surface area contributed by atoms with E-state index in [9.17, 15) is 4.79 Å². The van der Waals surface area contributed by atoms with Crippen molar-refractivity contribution in [2.24, 2.45) is 4.99 Å². The van der Waals surface area contributed by atoms with E-state index < -0.39 is 0 Å². The van der Waals surface area contributed by atoms with Crippen LogP contribution in [0.3, 0.4) is 0 Å². The molecule has 1 aliphatic carbocycles. The lowest BCUT2D eigenvalue weighted by molar-refractivity contribution is -0.114. The molecule has 0 unspecified atom stereocenters. The largest absolute Gasteiger partial charge is 0.497 e. The Morgan fingerprint density at radius 3 is 2.74 bits per heavy atom. The van der Waals surface area contributed by atoms with Crippen LogP contribution >= 0.6 is 11.3 Å². The lowest BCUT2D eigenvalue weighted by Gasteiger charge is -2.14. The summed E-state index contributed by atoms with van der Waals surface area (Å²) in [5, 5.41) is 4.01. The Morgan fingerprint density at radius 1 is 1.17 bits per heavy atom. The van der Waals surface area contributed by atoms with E-state index in [4.69, 9.17) is 4.74 Å². The summed E-state index contributed by atoms with van der Waals surface area (Å²) in [4.78, 5) is 18.0. The van der Waals surface area contributed by atoms with Crippen LogP contribution in [0.4, 0.5) is 5.00 Å². The zero-order chi connectivity index (χ0) is 15.8. The lowest BCUT2D eigenvalue weighted by Crippen LogP contribution is -2.12. The molecule has 2 aliphatic rings. The van der Waals surface area contributed by atoms with Crippen molar-refractivity contribution >= 4 is 28.0 Å². The fourth-order valence-corrected chi connectivity index (χ4v) is 4.59. The van der Waals surface area contributed by atoms with Crippen molar-refractivity contribution in [2.45, 2.75) is 25.7 Å². The molecular weight excluding hydrogens is 308 g/mol. The van der Waals surface area contributed by atoms with Crippen LogP contribution in [0.1, 0.15) is 34.4 Å². The van der Waals surface area contributed by atoms with Gasteiger partial charge >= 0.3 is 0 Å². The number of carbonyl (C=O) groups is 1. The van der Waals surface area contributed by atoms with E-state index in [1.54, 1.807) is 18.4 Å². The minimum atomic E-state index is -0.0339. The number of aliphatic imine (C=N–C) groups is 1. The molecule has 0 fully saturated rings. The van der Waals surface area contributed by atoms with Crippen molar-refractivity contribution in [1.82, 2.24) is 0 Å². The molecule has 2 aromatic rings. The van der Waals surface area contributed by atoms with Crippen LogP contribution < -0.4 is 10.1 Å². The molecular formula is C18H18N2O2S. The van der Waals surface area contributed by atoms with E-state index in [2.05, 4.69) is 10.3 Å². The maximum Gasteiger partial charge on any atom is 0.246 e. The maximum absolute atomic E-state index is 12.0. The van der Waals surface area contributed by atoms with E-state index in [1.165, 1.54) is 23.3 Å². The van der Waals surface area contributed by atoms with E-state index in [1.807, 2.05) is 24.3 Å². The zero-order valence-corrected chi connectivity index (χ0v) is 13.8. The van der Waals surface area contributed by atoms with Crippen LogP contribution in [0.2, 0.25) is 0 Å². The molecule has 0 bridgehead atoms. The number of methoxy groups -OCH3 is 1. The molecule has 1 aromatic carbocycles. The highest BCUT2D eigenvalue weighted by atomic mass is 32.1. The molecule has 118 valence electrons. The minimum Gasteiger partial charge on any atom is -0.497 e. The smallest absolute Gasteiger partial charge is 0.246 e. The molecule has 0 spiro atoms. The third-order valence-electron chi connectivity index (χ3n) is 4.41. The second-order valence-corrected chi connectivity index (χ2v) is 6.96. The maximum atomic E-state index is 12.0. The summed E-state index contributed by atoms with van der Waals surface area (Å²) in [7, 11) is 1.66. The molecule has 1 aliphatic heterocycles. The van der Waals surface area contributed by atoms with Gasteiger partial charge in [0.15, 0.2) is 0 Å². The van der Waals surface area contributed by atoms with Gasteiger partial charge in [-0.05, 0) is 55.5 Å². The van der Waals surface area contributed by atoms with Crippen LogP contribution in [0.5, 0.6) is 5.75 Å². The van der Waals surface area contributed by atoms with E-state index in [0.717, 1.165) is 40.4 Å². The van der Waals surface area contributed by atoms with Crippen molar-refractivity contribution in [3.05, 3.63) is 45.8 Å². The normalized spacial score (nSPS) is 16.7. The number of ether oxygens (including phenoxy) is 1. The van der Waals surface area contributed by atoms with Gasteiger partial charge < -0.3 is 10.1 Å². The van der Waals surface area contributed by atoms with Gasteiger partial charge in [0.05, 0.1) is 12.8 Å². The molecule has 0 saturated carbocycles. The molecule has 1 N–H and O–H groups in total. The predicted molar refractivity (Wildman–Crippen MR) is 93.1 cm³/mol. The first-order chi connectivity index (χ1) is 11.3. The number of hydrogen-bond acceptors (Lipinski definition) is 4. The number of fused-ring (bicyclic) bond motifs is 3. The number of amides is 1. The highest BCUT2D eigenvalue weighted by molar-refractivity contribution is 7.17. The van der Waals surface area contributed by atoms with Crippen LogP contribution in [-0.2, 0) is 17.6 Å². The van der Waals surface area contributed by atoms with Gasteiger partial charge in [-0.3, -0.25) is 9.79 Å². The number of nitrogens with one attached hydrogen (secondary N) is 1. The van der Waals surface area contributed by atoms with Gasteiger partial charge in [0.1, 0.15) is 17.3 Å². The summed E-state index contributed by atoms with van der Waals surface area (Å²) in [6.07, 6.45) is 4.63. The Bertz CT molecular complexity index is 790. The van der Waals surface area contributed by atoms with Crippen LogP contribution in [0.15, 0.2) is 29.3 Å². The highest BCUT2D eigenvalue weighted by Gasteiger charge is 2.27. The van der Waals surface area contributed by atoms with Crippen molar-refractivity contribution in [3.63, 3.8) is 0 Å². The summed E-state index contributed by atoms with van der Waals surface area (Å²) in [5.74, 6) is 0.790. The average molecular weight is 326 g/mol. The standard InChI is InChI=1S/C18H18N2O2S/c1-22-12-8-6-11(7-9-12)17-16-13-4-2-3-5-14(13)23-18(16)20-15(21)10-19-17/h6-9H,2-5,10H2,1H3,(H,20,21). The fraction of sp³-hybridized carbons (Fsp3) is 0.333. The van der Waals surface area contributed by atoms with Crippen LogP contribution in [0.25, 0.3) is 0 Å². The molecule has 0 saturated heterocycles. The summed E-state index contributed by atoms with van der Waals surface area (Å²) >= 11 is 1.72. The molecule has 2 heterocycles. The Kier molecular flexibility index (Phi) is 3.65. The van der Waals surface area contributed by atoms with Crippen LogP contribution in [-0.4, -0.2) is 25.3 Å². The SMILES string of the molecule is COc1ccc(C2=NCC(=O)Nc3sc4c(c32)CCCC4)cc1. The Hall–Kier alpha value is -2.14. The Labute approximate surface area is 139 Å². The van der Waals surface area contributed by atoms with Crippen molar-refractivity contribution in [2.75, 3.05) is 19.0 Å². The Morgan fingerprint density at radius 2 is 1.96 bits per heavy atom. The molecule has 0 atom stereocenters. The summed E-state index contributed by atoms with van der Waals surface area (Å²) in [6.45, 7) is 0.178. The lowest BCUT2D eigenvalue weighted by atomic mass is 9.91. The Balaban J connectivity index is 1.86. The first kappa shape index (κ1) is 14.5. The van der Waals surface area contributed by atoms with Gasteiger partial charge in [-0.2, -0.15) is 0 Å². The van der Waals surface area contributed by atoms with Gasteiger partial charge in [-0.25, -0.2) is 0 Å². The van der Waals surface area contributed by atoms with Gasteiger partial charge in [0.25, 0.3) is 0 Å². The molecule has 1 amide bonds. The number of anilines is 1. The van der Waals surface area contributed by atoms with Crippen molar-refractivity contribution < 1.29 is 9.53 Å². The van der Waals surface area contributed by atoms with E-state index in [-0.39, 0.29) is 12.5 Å². The first-order valence-electron chi connectivity index (χ1n) is 7.90. The summed E-state index contributed by atoms with van der Waals surface area (Å²) in [5.41, 5.74) is 4.49. The fourth-order valence-electron chi connectivity index (χ4n) is 3.29. The predicted octanol–water partition coefficient (Wildman–Crippen LogP) is 3.43. The minimum absolute atomic E-state index is 0.0339. The van der Waals surface area contributed by atoms with Crippen molar-refractivity contribution in [3.8, 4) is 5.75 Å². The molecule has 23 heavy (non-hydrogen) atoms. The van der Waals surface area contributed by atoms with Gasteiger partial charge in [0.2, 0.25) is 5.91 Å². The molecule has 0 radical (unpaired) electrons. The number of rotatable bonds is 2. The third-order valence-corrected chi connectivity index (χ3v) is 5.61. The van der Waals surface area contributed by atoms with E-state index >= 15 is 0 Å². The third kappa shape index (κ3) is 2.55. The van der Waals surface area contributed by atoms with Crippen molar-refractivity contribution in [1.29, 1.82) is 0 Å². The number of nitrogens with zero attached hydrogens (tertiary/aromatic N) is 1. The zero-order valence-electron chi connectivity index (χ0n) is 13.0. The highest BCUT2D eigenvalue weighted by Crippen LogP contribution is 2.40. The number of benzene rings is 1. The topological polar surface area (TPSA) is 50.7 Å². The van der Waals surface area contributed by atoms with Gasteiger partial charge in [0, 0.05) is 16.0 Å². The first-order valence-corrected chi connectivity index (χ1v) is 8.71. The van der Waals surface area contributed by atoms with Gasteiger partial charge in [-0.1, -0.05) is 0 Å². The second kappa shape index (κ2) is 5.81. The molecule has 5 heteroatoms. The van der Waals surface area contributed by atoms with E-state index in [0.29, 0.717) is 0 Å². The summed E-state index contributed by atoms with van der Waals surface area (Å²) < 4.78 is 5.24. The monoisotopic (exact) mass is 326 g/mol. The quantitative estimate of drug-likeness (QED) is 0.919. The molecule has 4 nitrogen and oxygen atoms in total. The number of hydrogen-bond donors (Lipinski definition) is 1. The number of aryl methyl sites for hydroxylation is 1. The number of carbonyl (C=O) groups excluding carboxylic acids is 1. The second-order valence-electron chi connectivity index (χ2n) is 5.86. The molecule has 1 aromatic heterocycles. The van der Waals surface area contributed by atoms with Crippen LogP contribution in [0, 0.1) is 0 Å². The van der Waals surface area contributed by atoms with Gasteiger partial charge in [-0.15, -0.1) is 11.3 Å². The molecule has 4 rings (SSSR count). The number of thiophene rings is 1. The summed E-state index contributed by atoms with van der Waals surface area (Å²) in [6, 6.07) is 7.92.